The van der Waals surface area contributed by atoms with Gasteiger partial charge in [-0.25, -0.2) is 0 Å². The minimum absolute atomic E-state index is 0.536. The van der Waals surface area contributed by atoms with Crippen molar-refractivity contribution in [3.63, 3.8) is 0 Å². The lowest BCUT2D eigenvalue weighted by atomic mass is 9.96. The molecule has 0 atom stereocenters. The van der Waals surface area contributed by atoms with E-state index in [1.807, 2.05) is 41.5 Å². The molecule has 2 aliphatic carbocycles. The van der Waals surface area contributed by atoms with E-state index < -0.39 is 0 Å². The first kappa shape index (κ1) is 31.7. The second-order valence-electron chi connectivity index (χ2n) is 5.73. The molecule has 2 rings (SSSR count). The molecule has 2 aliphatic rings. The van der Waals surface area contributed by atoms with Crippen molar-refractivity contribution in [3.05, 3.63) is 0 Å². The molecule has 3 N–H and O–H groups in total. The maximum absolute atomic E-state index is 5.63. The van der Waals surface area contributed by atoms with Gasteiger partial charge >= 0.3 is 0 Å². The second kappa shape index (κ2) is 34.3. The van der Waals surface area contributed by atoms with Gasteiger partial charge in [-0.1, -0.05) is 100 Å². The number of hydrogen-bond donors (Lipinski definition) is 2. The molecule has 0 amide bonds. The molecule has 2 saturated carbocycles. The van der Waals surface area contributed by atoms with Crippen molar-refractivity contribution in [1.29, 1.82) is 0 Å². The van der Waals surface area contributed by atoms with E-state index in [-0.39, 0.29) is 0 Å². The average Bonchev–Trinajstić information content (AvgIpc) is 2.69. The fourth-order valence-electron chi connectivity index (χ4n) is 2.53. The van der Waals surface area contributed by atoms with Crippen molar-refractivity contribution < 1.29 is 0 Å². The molecular formula is C22H54N2. The van der Waals surface area contributed by atoms with Crippen LogP contribution in [0.5, 0.6) is 0 Å². The van der Waals surface area contributed by atoms with Crippen LogP contribution in [0.15, 0.2) is 0 Å². The molecule has 0 saturated heterocycles. The fraction of sp³-hybridized carbons (Fsp3) is 1.00. The Morgan fingerprint density at radius 2 is 0.958 bits per heavy atom. The highest BCUT2D eigenvalue weighted by Crippen LogP contribution is 2.16. The van der Waals surface area contributed by atoms with Crippen LogP contribution >= 0.6 is 0 Å². The Labute approximate surface area is 156 Å². The van der Waals surface area contributed by atoms with Gasteiger partial charge in [0.15, 0.2) is 0 Å². The monoisotopic (exact) mass is 346 g/mol. The molecule has 0 aromatic rings. The van der Waals surface area contributed by atoms with E-state index in [2.05, 4.69) is 26.2 Å². The summed E-state index contributed by atoms with van der Waals surface area (Å²) in [4.78, 5) is 0. The molecular weight excluding hydrogens is 292 g/mol. The normalized spacial score (nSPS) is 16.8. The van der Waals surface area contributed by atoms with Crippen LogP contribution in [0.4, 0.5) is 0 Å². The Kier molecular flexibility index (Phi) is 45.3. The third-order valence-electron chi connectivity index (χ3n) is 3.66. The summed E-state index contributed by atoms with van der Waals surface area (Å²) in [5.74, 6) is 0. The lowest BCUT2D eigenvalue weighted by Gasteiger charge is -2.20. The zero-order chi connectivity index (χ0) is 19.6. The molecule has 2 heteroatoms. The van der Waals surface area contributed by atoms with E-state index in [0.29, 0.717) is 6.04 Å². The molecule has 152 valence electrons. The van der Waals surface area contributed by atoms with E-state index in [9.17, 15) is 0 Å². The summed E-state index contributed by atoms with van der Waals surface area (Å²) in [6.45, 7) is 16.2. The Morgan fingerprint density at radius 1 is 0.667 bits per heavy atom. The predicted octanol–water partition coefficient (Wildman–Crippen LogP) is 7.31. The van der Waals surface area contributed by atoms with Crippen molar-refractivity contribution in [2.24, 2.45) is 5.73 Å². The Balaban J connectivity index is -0.000000114. The summed E-state index contributed by atoms with van der Waals surface area (Å²) in [7, 11) is 2.07. The zero-order valence-corrected chi connectivity index (χ0v) is 19.0. The lowest BCUT2D eigenvalue weighted by molar-refractivity contribution is 0.394. The van der Waals surface area contributed by atoms with Crippen LogP contribution in [-0.4, -0.2) is 19.1 Å². The summed E-state index contributed by atoms with van der Waals surface area (Å²) in [6.07, 6.45) is 15.0. The van der Waals surface area contributed by atoms with Crippen molar-refractivity contribution >= 4 is 0 Å². The average molecular weight is 347 g/mol. The van der Waals surface area contributed by atoms with Gasteiger partial charge in [-0.15, -0.1) is 0 Å². The molecule has 0 unspecified atom stereocenters. The first-order valence-corrected chi connectivity index (χ1v) is 11.2. The molecule has 0 aromatic carbocycles. The van der Waals surface area contributed by atoms with Crippen molar-refractivity contribution in [1.82, 2.24) is 5.32 Å². The second-order valence-corrected chi connectivity index (χ2v) is 5.73. The highest BCUT2D eigenvalue weighted by atomic mass is 14.9. The van der Waals surface area contributed by atoms with Crippen LogP contribution in [0.2, 0.25) is 0 Å². The number of nitrogens with two attached hydrogens (primary N) is 1. The van der Waals surface area contributed by atoms with E-state index in [4.69, 9.17) is 5.73 Å². The largest absolute Gasteiger partial charge is 0.328 e. The highest BCUT2D eigenvalue weighted by molar-refractivity contribution is 4.69. The summed E-state index contributed by atoms with van der Waals surface area (Å²) in [5, 5.41) is 3.30. The van der Waals surface area contributed by atoms with Crippen LogP contribution in [0.3, 0.4) is 0 Å². The predicted molar refractivity (Wildman–Crippen MR) is 117 cm³/mol. The van der Waals surface area contributed by atoms with E-state index in [0.717, 1.165) is 6.04 Å². The van der Waals surface area contributed by atoms with E-state index in [1.165, 1.54) is 70.6 Å². The highest BCUT2D eigenvalue weighted by Gasteiger charge is 2.09. The smallest absolute Gasteiger partial charge is 0.00640 e. The third-order valence-corrected chi connectivity index (χ3v) is 3.66. The van der Waals surface area contributed by atoms with Crippen molar-refractivity contribution in [2.75, 3.05) is 7.05 Å². The molecule has 0 heterocycles. The van der Waals surface area contributed by atoms with Gasteiger partial charge in [0.25, 0.3) is 0 Å². The summed E-state index contributed by atoms with van der Waals surface area (Å²) < 4.78 is 0. The number of nitrogens with one attached hydrogen (secondary N) is 1. The van der Waals surface area contributed by atoms with Crippen LogP contribution in [-0.2, 0) is 0 Å². The minimum atomic E-state index is 0.536. The maximum atomic E-state index is 5.63. The molecule has 0 bridgehead atoms. The molecule has 0 radical (unpaired) electrons. The van der Waals surface area contributed by atoms with Gasteiger partial charge in [0.1, 0.15) is 0 Å². The van der Waals surface area contributed by atoms with Gasteiger partial charge in [-0.3, -0.25) is 0 Å². The molecule has 0 spiro atoms. The number of rotatable bonds is 1. The zero-order valence-electron chi connectivity index (χ0n) is 19.0. The standard InChI is InChI=1S/C7H15N.C6H13N.C3H8.3C2H6/c1-8-7-5-3-2-4-6-7;7-6-4-2-1-3-5-6;1-3-2;3*1-2/h7-8H,2-6H2,1H3;6H,1-5,7H2;3H2,1-2H3;3*1-2H3. The lowest BCUT2D eigenvalue weighted by Crippen LogP contribution is -2.26. The fourth-order valence-corrected chi connectivity index (χ4v) is 2.53. The summed E-state index contributed by atoms with van der Waals surface area (Å²) in [6, 6.07) is 1.37. The van der Waals surface area contributed by atoms with Crippen LogP contribution in [0.25, 0.3) is 0 Å². The SMILES string of the molecule is CC.CC.CC.CCC.CNC1CCCCC1.NC1CCCCC1. The van der Waals surface area contributed by atoms with Crippen molar-refractivity contribution in [3.8, 4) is 0 Å². The molecule has 24 heavy (non-hydrogen) atoms. The minimum Gasteiger partial charge on any atom is -0.328 e. The Morgan fingerprint density at radius 3 is 1.12 bits per heavy atom. The van der Waals surface area contributed by atoms with Gasteiger partial charge in [0.2, 0.25) is 0 Å². The van der Waals surface area contributed by atoms with Gasteiger partial charge < -0.3 is 11.1 Å². The third kappa shape index (κ3) is 29.9. The van der Waals surface area contributed by atoms with Gasteiger partial charge in [-0.2, -0.15) is 0 Å². The van der Waals surface area contributed by atoms with Crippen molar-refractivity contribution in [2.45, 2.75) is 138 Å². The first-order chi connectivity index (χ1) is 11.7. The first-order valence-electron chi connectivity index (χ1n) is 11.2. The molecule has 0 aliphatic heterocycles. The molecule has 2 fully saturated rings. The summed E-state index contributed by atoms with van der Waals surface area (Å²) >= 11 is 0. The maximum Gasteiger partial charge on any atom is 0.00640 e. The summed E-state index contributed by atoms with van der Waals surface area (Å²) in [5.41, 5.74) is 5.63. The van der Waals surface area contributed by atoms with Gasteiger partial charge in [0, 0.05) is 12.1 Å². The van der Waals surface area contributed by atoms with Gasteiger partial charge in [-0.05, 0) is 32.7 Å². The van der Waals surface area contributed by atoms with E-state index >= 15 is 0 Å². The van der Waals surface area contributed by atoms with Crippen LogP contribution in [0, 0.1) is 0 Å². The topological polar surface area (TPSA) is 38.0 Å². The molecule has 2 nitrogen and oxygen atoms in total. The quantitative estimate of drug-likeness (QED) is 0.522. The molecule has 0 aromatic heterocycles. The van der Waals surface area contributed by atoms with E-state index in [1.54, 1.807) is 0 Å². The van der Waals surface area contributed by atoms with Gasteiger partial charge in [0.05, 0.1) is 0 Å². The number of hydrogen-bond acceptors (Lipinski definition) is 2. The Hall–Kier alpha value is -0.0800. The van der Waals surface area contributed by atoms with Crippen LogP contribution in [0.1, 0.15) is 126 Å². The van der Waals surface area contributed by atoms with Crippen LogP contribution < -0.4 is 11.1 Å². The Bertz CT molecular complexity index is 148.